The highest BCUT2D eigenvalue weighted by atomic mass is 35.5. The Balaban J connectivity index is 2.07. The van der Waals surface area contributed by atoms with E-state index in [1.807, 2.05) is 6.26 Å². The number of hydrogen-bond donors (Lipinski definition) is 1. The molecule has 6 nitrogen and oxygen atoms in total. The van der Waals surface area contributed by atoms with Gasteiger partial charge in [-0.3, -0.25) is 4.79 Å². The maximum Gasteiger partial charge on any atom is 0.342 e. The molecule has 1 heterocycles. The lowest BCUT2D eigenvalue weighted by Crippen LogP contribution is -2.30. The molecule has 1 N–H and O–H groups in total. The van der Waals surface area contributed by atoms with Gasteiger partial charge in [0.25, 0.3) is 5.91 Å². The Bertz CT molecular complexity index is 832. The Morgan fingerprint density at radius 1 is 1.27 bits per heavy atom. The van der Waals surface area contributed by atoms with Gasteiger partial charge < -0.3 is 14.8 Å². The minimum absolute atomic E-state index is 0.130. The molecule has 138 valence electrons. The quantitative estimate of drug-likeness (QED) is 0.560. The summed E-state index contributed by atoms with van der Waals surface area (Å²) in [6.07, 6.45) is 2.19. The van der Waals surface area contributed by atoms with Gasteiger partial charge in [0, 0.05) is 11.1 Å². The molecule has 1 aromatic carbocycles. The molecule has 2 aromatic rings. The minimum Gasteiger partial charge on any atom is -0.496 e. The largest absolute Gasteiger partial charge is 0.496 e. The average molecular weight is 415 g/mol. The number of hydrogen-bond acceptors (Lipinski definition) is 6. The second-order valence-corrected chi connectivity index (χ2v) is 6.81. The van der Waals surface area contributed by atoms with Gasteiger partial charge in [-0.15, -0.1) is 11.8 Å². The van der Waals surface area contributed by atoms with Crippen LogP contribution in [0.4, 0.5) is 5.82 Å². The van der Waals surface area contributed by atoms with Gasteiger partial charge in [0.1, 0.15) is 11.3 Å². The fourth-order valence-corrected chi connectivity index (χ4v) is 2.83. The Morgan fingerprint density at radius 3 is 2.62 bits per heavy atom. The van der Waals surface area contributed by atoms with Crippen molar-refractivity contribution in [3.8, 4) is 5.75 Å². The lowest BCUT2D eigenvalue weighted by atomic mass is 10.2. The SMILES string of the molecule is COc1cc(SC)ccc1C(=O)OC(C)C(=O)Nc1ncc(Cl)cc1Cl. The third kappa shape index (κ3) is 5.03. The summed E-state index contributed by atoms with van der Waals surface area (Å²) < 4.78 is 10.4. The predicted octanol–water partition coefficient (Wildman–Crippen LogP) is 4.30. The summed E-state index contributed by atoms with van der Waals surface area (Å²) in [5.41, 5.74) is 0.229. The summed E-state index contributed by atoms with van der Waals surface area (Å²) in [7, 11) is 1.46. The first-order valence-corrected chi connectivity index (χ1v) is 9.38. The summed E-state index contributed by atoms with van der Waals surface area (Å²) in [5.74, 6) is -0.746. The van der Waals surface area contributed by atoms with Crippen LogP contribution in [0.2, 0.25) is 10.0 Å². The molecule has 1 amide bonds. The van der Waals surface area contributed by atoms with Crippen LogP contribution in [-0.2, 0) is 9.53 Å². The Kier molecular flexibility index (Phi) is 7.14. The second-order valence-electron chi connectivity index (χ2n) is 5.09. The number of aromatic nitrogens is 1. The highest BCUT2D eigenvalue weighted by Crippen LogP contribution is 2.26. The Labute approximate surface area is 165 Å². The number of nitrogens with one attached hydrogen (secondary N) is 1. The Morgan fingerprint density at radius 2 is 2.00 bits per heavy atom. The van der Waals surface area contributed by atoms with Crippen molar-refractivity contribution in [2.45, 2.75) is 17.9 Å². The highest BCUT2D eigenvalue weighted by Gasteiger charge is 2.22. The minimum atomic E-state index is -1.07. The van der Waals surface area contributed by atoms with Crippen molar-refractivity contribution >= 4 is 52.7 Å². The Hall–Kier alpha value is -1.96. The van der Waals surface area contributed by atoms with E-state index in [1.165, 1.54) is 38.1 Å². The van der Waals surface area contributed by atoms with E-state index in [0.717, 1.165) is 4.90 Å². The van der Waals surface area contributed by atoms with Crippen LogP contribution in [0.5, 0.6) is 5.75 Å². The van der Waals surface area contributed by atoms with E-state index in [9.17, 15) is 9.59 Å². The van der Waals surface area contributed by atoms with Gasteiger partial charge in [0.15, 0.2) is 11.9 Å². The molecule has 9 heteroatoms. The van der Waals surface area contributed by atoms with Crippen LogP contribution in [-0.4, -0.2) is 36.3 Å². The molecule has 2 rings (SSSR count). The fraction of sp³-hybridized carbons (Fsp3) is 0.235. The number of thioether (sulfide) groups is 1. The van der Waals surface area contributed by atoms with Crippen molar-refractivity contribution in [3.63, 3.8) is 0 Å². The van der Waals surface area contributed by atoms with Crippen molar-refractivity contribution in [2.24, 2.45) is 0 Å². The normalized spacial score (nSPS) is 11.6. The summed E-state index contributed by atoms with van der Waals surface area (Å²) in [5, 5.41) is 3.01. The molecule has 1 unspecified atom stereocenters. The van der Waals surface area contributed by atoms with Crippen LogP contribution in [0.15, 0.2) is 35.4 Å². The standard InChI is InChI=1S/C17H16Cl2N2O4S/c1-9(16(22)21-15-13(19)6-10(18)8-20-15)25-17(23)12-5-4-11(26-3)7-14(12)24-2/h4-9H,1-3H3,(H,20,21,22). The van der Waals surface area contributed by atoms with Crippen LogP contribution in [0.1, 0.15) is 17.3 Å². The molecule has 0 spiro atoms. The van der Waals surface area contributed by atoms with Gasteiger partial charge in [-0.1, -0.05) is 23.2 Å². The number of benzene rings is 1. The first-order valence-electron chi connectivity index (χ1n) is 7.40. The second kappa shape index (κ2) is 9.12. The van der Waals surface area contributed by atoms with Gasteiger partial charge in [0.2, 0.25) is 0 Å². The highest BCUT2D eigenvalue weighted by molar-refractivity contribution is 7.98. The zero-order valence-electron chi connectivity index (χ0n) is 14.2. The molecule has 0 aliphatic carbocycles. The zero-order chi connectivity index (χ0) is 19.3. The third-order valence-corrected chi connectivity index (χ3v) is 4.55. The van der Waals surface area contributed by atoms with E-state index in [-0.39, 0.29) is 16.4 Å². The molecule has 0 fully saturated rings. The van der Waals surface area contributed by atoms with Gasteiger partial charge in [-0.25, -0.2) is 9.78 Å². The number of rotatable bonds is 6. The summed E-state index contributed by atoms with van der Waals surface area (Å²) in [4.78, 5) is 29.4. The van der Waals surface area contributed by atoms with Crippen LogP contribution >= 0.6 is 35.0 Å². The van der Waals surface area contributed by atoms with Gasteiger partial charge in [0.05, 0.1) is 17.2 Å². The molecule has 0 aliphatic heterocycles. The molecule has 0 saturated carbocycles. The van der Waals surface area contributed by atoms with E-state index in [0.29, 0.717) is 10.8 Å². The van der Waals surface area contributed by atoms with Gasteiger partial charge >= 0.3 is 5.97 Å². The molecule has 1 atom stereocenters. The van der Waals surface area contributed by atoms with Crippen molar-refractivity contribution in [1.82, 2.24) is 4.98 Å². The maximum absolute atomic E-state index is 12.4. The smallest absolute Gasteiger partial charge is 0.342 e. The molecular weight excluding hydrogens is 399 g/mol. The van der Waals surface area contributed by atoms with E-state index >= 15 is 0 Å². The number of halogens is 2. The number of carbonyl (C=O) groups is 2. The third-order valence-electron chi connectivity index (χ3n) is 3.33. The van der Waals surface area contributed by atoms with Crippen LogP contribution in [0.3, 0.4) is 0 Å². The maximum atomic E-state index is 12.4. The summed E-state index contributed by atoms with van der Waals surface area (Å²) >= 11 is 13.2. The molecule has 1 aromatic heterocycles. The average Bonchev–Trinajstić information content (AvgIpc) is 2.63. The van der Waals surface area contributed by atoms with E-state index in [1.54, 1.807) is 18.2 Å². The molecular formula is C17H16Cl2N2O4S. The lowest BCUT2D eigenvalue weighted by Gasteiger charge is -2.15. The van der Waals surface area contributed by atoms with E-state index in [2.05, 4.69) is 10.3 Å². The van der Waals surface area contributed by atoms with Crippen LogP contribution in [0, 0.1) is 0 Å². The van der Waals surface area contributed by atoms with E-state index < -0.39 is 18.0 Å². The van der Waals surface area contributed by atoms with Crippen molar-refractivity contribution in [2.75, 3.05) is 18.7 Å². The van der Waals surface area contributed by atoms with Gasteiger partial charge in [-0.2, -0.15) is 0 Å². The van der Waals surface area contributed by atoms with Crippen LogP contribution in [0.25, 0.3) is 0 Å². The molecule has 0 bridgehead atoms. The number of nitrogens with zero attached hydrogens (tertiary/aromatic N) is 1. The first-order chi connectivity index (χ1) is 12.3. The molecule has 0 radical (unpaired) electrons. The molecule has 0 aliphatic rings. The lowest BCUT2D eigenvalue weighted by molar-refractivity contribution is -0.123. The number of esters is 1. The van der Waals surface area contributed by atoms with Crippen molar-refractivity contribution in [3.05, 3.63) is 46.1 Å². The number of anilines is 1. The van der Waals surface area contributed by atoms with E-state index in [4.69, 9.17) is 32.7 Å². The van der Waals surface area contributed by atoms with Crippen molar-refractivity contribution in [1.29, 1.82) is 0 Å². The molecule has 0 saturated heterocycles. The number of pyridine rings is 1. The first kappa shape index (κ1) is 20.4. The number of methoxy groups -OCH3 is 1. The summed E-state index contributed by atoms with van der Waals surface area (Å²) in [6, 6.07) is 6.53. The number of ether oxygens (including phenoxy) is 2. The van der Waals surface area contributed by atoms with Crippen LogP contribution < -0.4 is 10.1 Å². The van der Waals surface area contributed by atoms with Crippen molar-refractivity contribution < 1.29 is 19.1 Å². The van der Waals surface area contributed by atoms with Gasteiger partial charge in [-0.05, 0) is 37.4 Å². The number of carbonyl (C=O) groups excluding carboxylic acids is 2. The summed E-state index contributed by atoms with van der Waals surface area (Å²) in [6.45, 7) is 1.44. The number of amides is 1. The predicted molar refractivity (Wildman–Crippen MR) is 103 cm³/mol. The topological polar surface area (TPSA) is 77.5 Å². The monoisotopic (exact) mass is 414 g/mol. The fourth-order valence-electron chi connectivity index (χ4n) is 1.97. The zero-order valence-corrected chi connectivity index (χ0v) is 16.5. The molecule has 26 heavy (non-hydrogen) atoms.